The van der Waals surface area contributed by atoms with E-state index in [1.807, 2.05) is 40.9 Å². The van der Waals surface area contributed by atoms with Crippen LogP contribution in [0.2, 0.25) is 0 Å². The second kappa shape index (κ2) is 10.7. The number of thioether (sulfide) groups is 1. The van der Waals surface area contributed by atoms with Gasteiger partial charge in [-0.05, 0) is 44.0 Å². The van der Waals surface area contributed by atoms with Crippen LogP contribution in [0.1, 0.15) is 31.7 Å². The van der Waals surface area contributed by atoms with Crippen LogP contribution in [0.4, 0.5) is 10.5 Å². The largest absolute Gasteiger partial charge is 0.341 e. The third kappa shape index (κ3) is 6.41. The molecule has 1 aromatic carbocycles. The summed E-state index contributed by atoms with van der Waals surface area (Å²) in [7, 11) is 0. The molecular formula is C21H32N4O2S. The summed E-state index contributed by atoms with van der Waals surface area (Å²) in [5.41, 5.74) is 1.72. The number of amides is 3. The molecule has 0 aliphatic carbocycles. The van der Waals surface area contributed by atoms with Gasteiger partial charge in [0.25, 0.3) is 0 Å². The van der Waals surface area contributed by atoms with Crippen molar-refractivity contribution in [3.8, 4) is 0 Å². The smallest absolute Gasteiger partial charge is 0.319 e. The maximum atomic E-state index is 12.3. The summed E-state index contributed by atoms with van der Waals surface area (Å²) < 4.78 is 0. The standard InChI is InChI=1S/C21H32N4O2S/c1-17-4-2-3-10-24(17)11-9-22-21(27)23-19-7-5-18(6-8-19)16-20(26)25-12-14-28-15-13-25/h5-8,17H,2-4,9-16H2,1H3,(H2,22,23,27). The molecular weight excluding hydrogens is 372 g/mol. The number of carbonyl (C=O) groups is 2. The third-order valence-electron chi connectivity index (χ3n) is 5.56. The van der Waals surface area contributed by atoms with Crippen LogP contribution in [0.25, 0.3) is 0 Å². The van der Waals surface area contributed by atoms with Crippen molar-refractivity contribution in [3.05, 3.63) is 29.8 Å². The molecule has 1 aromatic rings. The van der Waals surface area contributed by atoms with E-state index >= 15 is 0 Å². The fraction of sp³-hybridized carbons (Fsp3) is 0.619. The molecule has 2 aliphatic rings. The number of rotatable bonds is 6. The van der Waals surface area contributed by atoms with E-state index in [0.717, 1.165) is 48.9 Å². The predicted molar refractivity (Wildman–Crippen MR) is 116 cm³/mol. The molecule has 6 nitrogen and oxygen atoms in total. The number of carbonyl (C=O) groups excluding carboxylic acids is 2. The molecule has 3 rings (SSSR count). The van der Waals surface area contributed by atoms with E-state index in [2.05, 4.69) is 22.5 Å². The van der Waals surface area contributed by atoms with Crippen molar-refractivity contribution in [1.82, 2.24) is 15.1 Å². The Labute approximate surface area is 172 Å². The van der Waals surface area contributed by atoms with Crippen molar-refractivity contribution < 1.29 is 9.59 Å². The minimum Gasteiger partial charge on any atom is -0.341 e. The third-order valence-corrected chi connectivity index (χ3v) is 6.50. The van der Waals surface area contributed by atoms with Crippen LogP contribution in [0.15, 0.2) is 24.3 Å². The monoisotopic (exact) mass is 404 g/mol. The van der Waals surface area contributed by atoms with E-state index < -0.39 is 0 Å². The molecule has 3 amide bonds. The average Bonchev–Trinajstić information content (AvgIpc) is 2.71. The van der Waals surface area contributed by atoms with Gasteiger partial charge >= 0.3 is 6.03 Å². The summed E-state index contributed by atoms with van der Waals surface area (Å²) in [4.78, 5) is 28.8. The minimum atomic E-state index is -0.181. The zero-order valence-electron chi connectivity index (χ0n) is 16.8. The van der Waals surface area contributed by atoms with E-state index in [4.69, 9.17) is 0 Å². The molecule has 28 heavy (non-hydrogen) atoms. The van der Waals surface area contributed by atoms with E-state index in [1.165, 1.54) is 19.3 Å². The van der Waals surface area contributed by atoms with Gasteiger partial charge in [-0.3, -0.25) is 9.69 Å². The first-order valence-electron chi connectivity index (χ1n) is 10.3. The molecule has 1 atom stereocenters. The van der Waals surface area contributed by atoms with E-state index in [9.17, 15) is 9.59 Å². The normalized spacial score (nSPS) is 20.6. The van der Waals surface area contributed by atoms with Crippen LogP contribution in [-0.4, -0.2) is 72.0 Å². The summed E-state index contributed by atoms with van der Waals surface area (Å²) in [6.07, 6.45) is 4.23. The summed E-state index contributed by atoms with van der Waals surface area (Å²) >= 11 is 1.90. The zero-order chi connectivity index (χ0) is 19.8. The molecule has 2 N–H and O–H groups in total. The number of nitrogens with zero attached hydrogens (tertiary/aromatic N) is 2. The molecule has 2 aliphatic heterocycles. The maximum absolute atomic E-state index is 12.3. The second-order valence-electron chi connectivity index (χ2n) is 7.63. The highest BCUT2D eigenvalue weighted by Gasteiger charge is 2.18. The Balaban J connectivity index is 1.38. The Kier molecular flexibility index (Phi) is 8.03. The summed E-state index contributed by atoms with van der Waals surface area (Å²) in [6.45, 7) is 6.62. The Morgan fingerprint density at radius 1 is 1.11 bits per heavy atom. The number of anilines is 1. The van der Waals surface area contributed by atoms with Crippen molar-refractivity contribution in [2.75, 3.05) is 49.5 Å². The van der Waals surface area contributed by atoms with Gasteiger partial charge in [-0.1, -0.05) is 18.6 Å². The minimum absolute atomic E-state index is 0.181. The van der Waals surface area contributed by atoms with Crippen LogP contribution in [0.5, 0.6) is 0 Å². The zero-order valence-corrected chi connectivity index (χ0v) is 17.6. The first kappa shape index (κ1) is 21.0. The molecule has 2 heterocycles. The van der Waals surface area contributed by atoms with Crippen molar-refractivity contribution >= 4 is 29.4 Å². The highest BCUT2D eigenvalue weighted by molar-refractivity contribution is 7.99. The molecule has 1 unspecified atom stereocenters. The first-order valence-corrected chi connectivity index (χ1v) is 11.5. The van der Waals surface area contributed by atoms with E-state index in [1.54, 1.807) is 0 Å². The molecule has 0 bridgehead atoms. The van der Waals surface area contributed by atoms with Crippen molar-refractivity contribution in [3.63, 3.8) is 0 Å². The topological polar surface area (TPSA) is 64.7 Å². The molecule has 7 heteroatoms. The fourth-order valence-electron chi connectivity index (χ4n) is 3.78. The second-order valence-corrected chi connectivity index (χ2v) is 8.85. The van der Waals surface area contributed by atoms with Crippen molar-refractivity contribution in [1.29, 1.82) is 0 Å². The van der Waals surface area contributed by atoms with Gasteiger partial charge in [0, 0.05) is 49.4 Å². The van der Waals surface area contributed by atoms with Gasteiger partial charge in [0.15, 0.2) is 0 Å². The number of nitrogens with one attached hydrogen (secondary N) is 2. The Bertz CT molecular complexity index is 646. The van der Waals surface area contributed by atoms with E-state index in [-0.39, 0.29) is 11.9 Å². The highest BCUT2D eigenvalue weighted by Crippen LogP contribution is 2.16. The van der Waals surface area contributed by atoms with Gasteiger partial charge in [0.1, 0.15) is 0 Å². The SMILES string of the molecule is CC1CCCCN1CCNC(=O)Nc1ccc(CC(=O)N2CCSCC2)cc1. The lowest BCUT2D eigenvalue weighted by molar-refractivity contribution is -0.130. The lowest BCUT2D eigenvalue weighted by Gasteiger charge is -2.33. The quantitative estimate of drug-likeness (QED) is 0.765. The van der Waals surface area contributed by atoms with Gasteiger partial charge in [-0.2, -0.15) is 11.8 Å². The molecule has 0 spiro atoms. The molecule has 2 fully saturated rings. The lowest BCUT2D eigenvalue weighted by Crippen LogP contribution is -2.43. The summed E-state index contributed by atoms with van der Waals surface area (Å²) in [5, 5.41) is 5.80. The number of piperidine rings is 1. The van der Waals surface area contributed by atoms with Crippen LogP contribution < -0.4 is 10.6 Å². The van der Waals surface area contributed by atoms with Crippen LogP contribution in [-0.2, 0) is 11.2 Å². The number of benzene rings is 1. The number of likely N-dealkylation sites (tertiary alicyclic amines) is 1. The number of urea groups is 1. The van der Waals surface area contributed by atoms with Crippen LogP contribution >= 0.6 is 11.8 Å². The molecule has 0 aromatic heterocycles. The Morgan fingerprint density at radius 3 is 2.57 bits per heavy atom. The molecule has 0 saturated carbocycles. The van der Waals surface area contributed by atoms with Gasteiger partial charge in [-0.15, -0.1) is 0 Å². The summed E-state index contributed by atoms with van der Waals surface area (Å²) in [5.74, 6) is 2.24. The van der Waals surface area contributed by atoms with Crippen molar-refractivity contribution in [2.24, 2.45) is 0 Å². The molecule has 2 saturated heterocycles. The summed E-state index contributed by atoms with van der Waals surface area (Å²) in [6, 6.07) is 7.99. The average molecular weight is 405 g/mol. The lowest BCUT2D eigenvalue weighted by atomic mass is 10.0. The van der Waals surface area contributed by atoms with E-state index in [0.29, 0.717) is 19.0 Å². The fourth-order valence-corrected chi connectivity index (χ4v) is 4.69. The Morgan fingerprint density at radius 2 is 1.86 bits per heavy atom. The molecule has 154 valence electrons. The highest BCUT2D eigenvalue weighted by atomic mass is 32.2. The van der Waals surface area contributed by atoms with Gasteiger partial charge in [0.2, 0.25) is 5.91 Å². The van der Waals surface area contributed by atoms with Crippen LogP contribution in [0, 0.1) is 0 Å². The van der Waals surface area contributed by atoms with Crippen LogP contribution in [0.3, 0.4) is 0 Å². The molecule has 0 radical (unpaired) electrons. The maximum Gasteiger partial charge on any atom is 0.319 e. The number of hydrogen-bond donors (Lipinski definition) is 2. The van der Waals surface area contributed by atoms with Gasteiger partial charge in [-0.25, -0.2) is 4.79 Å². The van der Waals surface area contributed by atoms with Gasteiger partial charge in [0.05, 0.1) is 6.42 Å². The first-order chi connectivity index (χ1) is 13.6. The predicted octanol–water partition coefficient (Wildman–Crippen LogP) is 2.80. The van der Waals surface area contributed by atoms with Gasteiger partial charge < -0.3 is 15.5 Å². The Hall–Kier alpha value is -1.73. The number of hydrogen-bond acceptors (Lipinski definition) is 4. The van der Waals surface area contributed by atoms with Crippen molar-refractivity contribution in [2.45, 2.75) is 38.6 Å².